The molecule has 0 fully saturated rings. The number of carbonyl (C=O) groups excluding carboxylic acids is 1. The quantitative estimate of drug-likeness (QED) is 0.747. The fraction of sp³-hybridized carbons (Fsp3) is 0.316. The molecule has 8 heteroatoms. The van der Waals surface area contributed by atoms with Crippen molar-refractivity contribution in [3.63, 3.8) is 0 Å². The van der Waals surface area contributed by atoms with Gasteiger partial charge in [-0.15, -0.1) is 0 Å². The highest BCUT2D eigenvalue weighted by Gasteiger charge is 2.22. The second kappa shape index (κ2) is 8.85. The summed E-state index contributed by atoms with van der Waals surface area (Å²) in [6.45, 7) is 3.63. The number of benzene rings is 2. The Hall–Kier alpha value is -2.61. The summed E-state index contributed by atoms with van der Waals surface area (Å²) < 4.78 is 43.8. The molecule has 0 saturated heterocycles. The van der Waals surface area contributed by atoms with Gasteiger partial charge in [-0.2, -0.15) is 0 Å². The molecule has 146 valence electrons. The number of nitrogens with one attached hydrogen (secondary N) is 1. The number of nitrogens with zero attached hydrogens (tertiary/aromatic N) is 1. The fourth-order valence-electron chi connectivity index (χ4n) is 2.55. The number of anilines is 1. The minimum Gasteiger partial charge on any atom is -0.494 e. The number of rotatable bonds is 8. The van der Waals surface area contributed by atoms with Crippen molar-refractivity contribution in [1.29, 1.82) is 0 Å². The summed E-state index contributed by atoms with van der Waals surface area (Å²) in [5.74, 6) is -0.322. The predicted molar refractivity (Wildman–Crippen MR) is 103 cm³/mol. The van der Waals surface area contributed by atoms with Crippen LogP contribution in [0, 0.1) is 5.82 Å². The second-order valence-corrected chi connectivity index (χ2v) is 7.95. The first-order chi connectivity index (χ1) is 12.7. The molecule has 0 aliphatic rings. The van der Waals surface area contributed by atoms with Crippen LogP contribution in [0.4, 0.5) is 10.1 Å². The van der Waals surface area contributed by atoms with Crippen LogP contribution in [0.15, 0.2) is 48.5 Å². The molecule has 0 unspecified atom stereocenters. The number of hydrogen-bond acceptors (Lipinski definition) is 4. The number of amides is 1. The Kier molecular flexibility index (Phi) is 6.79. The summed E-state index contributed by atoms with van der Waals surface area (Å²) in [5, 5.41) is 2.73. The highest BCUT2D eigenvalue weighted by Crippen LogP contribution is 2.23. The van der Waals surface area contributed by atoms with Gasteiger partial charge < -0.3 is 10.1 Å². The molecule has 2 aromatic carbocycles. The van der Waals surface area contributed by atoms with E-state index >= 15 is 0 Å². The Balaban J connectivity index is 2.15. The van der Waals surface area contributed by atoms with Crippen molar-refractivity contribution in [3.8, 4) is 5.75 Å². The fourth-order valence-corrected chi connectivity index (χ4v) is 3.40. The minimum atomic E-state index is -3.68. The van der Waals surface area contributed by atoms with Crippen LogP contribution < -0.4 is 14.4 Å². The maximum atomic E-state index is 13.0. The highest BCUT2D eigenvalue weighted by atomic mass is 32.2. The minimum absolute atomic E-state index is 0.341. The average molecular weight is 394 g/mol. The smallest absolute Gasteiger partial charge is 0.241 e. The third kappa shape index (κ3) is 5.96. The van der Waals surface area contributed by atoms with E-state index in [4.69, 9.17) is 4.74 Å². The van der Waals surface area contributed by atoms with Crippen molar-refractivity contribution in [2.75, 3.05) is 23.7 Å². The Labute approximate surface area is 159 Å². The van der Waals surface area contributed by atoms with Gasteiger partial charge in [0.15, 0.2) is 0 Å². The lowest BCUT2D eigenvalue weighted by atomic mass is 10.1. The maximum Gasteiger partial charge on any atom is 0.241 e. The molecule has 0 aromatic heterocycles. The zero-order chi connectivity index (χ0) is 20.0. The molecule has 1 atom stereocenters. The largest absolute Gasteiger partial charge is 0.494 e. The zero-order valence-electron chi connectivity index (χ0n) is 15.5. The third-order valence-electron chi connectivity index (χ3n) is 3.85. The summed E-state index contributed by atoms with van der Waals surface area (Å²) in [4.78, 5) is 12.4. The van der Waals surface area contributed by atoms with Gasteiger partial charge >= 0.3 is 0 Å². The van der Waals surface area contributed by atoms with Gasteiger partial charge in [0.1, 0.15) is 18.1 Å². The molecule has 0 radical (unpaired) electrons. The molecule has 6 nitrogen and oxygen atoms in total. The zero-order valence-corrected chi connectivity index (χ0v) is 16.3. The van der Waals surface area contributed by atoms with E-state index in [9.17, 15) is 17.6 Å². The van der Waals surface area contributed by atoms with E-state index in [-0.39, 0.29) is 12.4 Å². The Morgan fingerprint density at radius 2 is 1.89 bits per heavy atom. The average Bonchev–Trinajstić information content (AvgIpc) is 2.60. The van der Waals surface area contributed by atoms with Crippen LogP contribution in [0.5, 0.6) is 5.75 Å². The standard InChI is InChI=1S/C19H23FN2O4S/c1-4-26-18-7-5-6-17(12-18)22(27(3,24)25)13-19(23)21-14(2)15-8-10-16(20)11-9-15/h5-12,14H,4,13H2,1-3H3,(H,21,23)/t14-/m1/s1. The molecule has 1 amide bonds. The van der Waals surface area contributed by atoms with Crippen LogP contribution in [0.3, 0.4) is 0 Å². The number of hydrogen-bond donors (Lipinski definition) is 1. The van der Waals surface area contributed by atoms with E-state index in [0.29, 0.717) is 23.6 Å². The van der Waals surface area contributed by atoms with E-state index in [1.165, 1.54) is 12.1 Å². The Morgan fingerprint density at radius 1 is 1.22 bits per heavy atom. The highest BCUT2D eigenvalue weighted by molar-refractivity contribution is 7.92. The van der Waals surface area contributed by atoms with Crippen molar-refractivity contribution in [1.82, 2.24) is 5.32 Å². The molecule has 1 N–H and O–H groups in total. The molecule has 2 aromatic rings. The second-order valence-electron chi connectivity index (χ2n) is 6.04. The van der Waals surface area contributed by atoms with Crippen LogP contribution in [0.25, 0.3) is 0 Å². The van der Waals surface area contributed by atoms with Crippen molar-refractivity contribution in [2.24, 2.45) is 0 Å². The summed E-state index contributed by atoms with van der Waals surface area (Å²) in [5.41, 5.74) is 1.06. The molecule has 0 aliphatic heterocycles. The molecular formula is C19H23FN2O4S. The van der Waals surface area contributed by atoms with Gasteiger partial charge in [-0.3, -0.25) is 9.10 Å². The van der Waals surface area contributed by atoms with E-state index in [1.807, 2.05) is 6.92 Å². The predicted octanol–water partition coefficient (Wildman–Crippen LogP) is 2.87. The summed E-state index contributed by atoms with van der Waals surface area (Å²) in [6.07, 6.45) is 1.04. The van der Waals surface area contributed by atoms with E-state index in [1.54, 1.807) is 43.3 Å². The molecule has 0 bridgehead atoms. The van der Waals surface area contributed by atoms with Crippen LogP contribution in [-0.4, -0.2) is 33.7 Å². The SMILES string of the molecule is CCOc1cccc(N(CC(=O)N[C@H](C)c2ccc(F)cc2)S(C)(=O)=O)c1. The molecule has 27 heavy (non-hydrogen) atoms. The molecule has 0 heterocycles. The summed E-state index contributed by atoms with van der Waals surface area (Å²) in [6, 6.07) is 11.9. The first kappa shape index (κ1) is 20.7. The first-order valence-corrected chi connectivity index (χ1v) is 10.3. The van der Waals surface area contributed by atoms with Gasteiger partial charge in [0.2, 0.25) is 15.9 Å². The molecule has 0 spiro atoms. The van der Waals surface area contributed by atoms with Crippen LogP contribution in [0.2, 0.25) is 0 Å². The summed E-state index contributed by atoms with van der Waals surface area (Å²) in [7, 11) is -3.68. The van der Waals surface area contributed by atoms with E-state index < -0.39 is 22.0 Å². The van der Waals surface area contributed by atoms with Gasteiger partial charge in [0.05, 0.1) is 24.6 Å². The van der Waals surface area contributed by atoms with E-state index in [0.717, 1.165) is 10.6 Å². The van der Waals surface area contributed by atoms with Gasteiger partial charge in [0, 0.05) is 6.07 Å². The topological polar surface area (TPSA) is 75.7 Å². The lowest BCUT2D eigenvalue weighted by Crippen LogP contribution is -2.41. The van der Waals surface area contributed by atoms with Gasteiger partial charge in [-0.1, -0.05) is 18.2 Å². The van der Waals surface area contributed by atoms with Gasteiger partial charge in [0.25, 0.3) is 0 Å². The summed E-state index contributed by atoms with van der Waals surface area (Å²) >= 11 is 0. The third-order valence-corrected chi connectivity index (χ3v) is 4.99. The molecule has 0 aliphatic carbocycles. The van der Waals surface area contributed by atoms with Crippen molar-refractivity contribution < 1.29 is 22.3 Å². The number of sulfonamides is 1. The molecule has 2 rings (SSSR count). The van der Waals surface area contributed by atoms with Gasteiger partial charge in [-0.05, 0) is 43.7 Å². The van der Waals surface area contributed by atoms with Crippen molar-refractivity contribution in [2.45, 2.75) is 19.9 Å². The molecular weight excluding hydrogens is 371 g/mol. The monoisotopic (exact) mass is 394 g/mol. The maximum absolute atomic E-state index is 13.0. The van der Waals surface area contributed by atoms with Gasteiger partial charge in [-0.25, -0.2) is 12.8 Å². The lowest BCUT2D eigenvalue weighted by Gasteiger charge is -2.23. The van der Waals surface area contributed by atoms with Crippen molar-refractivity contribution in [3.05, 3.63) is 59.9 Å². The van der Waals surface area contributed by atoms with E-state index in [2.05, 4.69) is 5.32 Å². The number of ether oxygens (including phenoxy) is 1. The van der Waals surface area contributed by atoms with Crippen LogP contribution >= 0.6 is 0 Å². The molecule has 0 saturated carbocycles. The number of halogens is 1. The Morgan fingerprint density at radius 3 is 2.48 bits per heavy atom. The first-order valence-electron chi connectivity index (χ1n) is 8.46. The van der Waals surface area contributed by atoms with Crippen molar-refractivity contribution >= 4 is 21.6 Å². The number of carbonyl (C=O) groups is 1. The normalized spacial score (nSPS) is 12.3. The van der Waals surface area contributed by atoms with Crippen LogP contribution in [-0.2, 0) is 14.8 Å². The Bertz CT molecular complexity index is 885. The lowest BCUT2D eigenvalue weighted by molar-refractivity contribution is -0.120. The van der Waals surface area contributed by atoms with Crippen LogP contribution in [0.1, 0.15) is 25.5 Å².